The maximum Gasteiger partial charge on any atom is 0.0763 e. The third-order valence-electron chi connectivity index (χ3n) is 3.05. The lowest BCUT2D eigenvalue weighted by molar-refractivity contribution is 0.420. The first-order chi connectivity index (χ1) is 8.02. The van der Waals surface area contributed by atoms with E-state index in [4.69, 9.17) is 6.42 Å². The molecule has 0 aromatic carbocycles. The van der Waals surface area contributed by atoms with E-state index in [9.17, 15) is 0 Å². The highest BCUT2D eigenvalue weighted by Crippen LogP contribution is 2.14. The molecule has 3 nitrogen and oxygen atoms in total. The molecular formula is C14H23N3. The van der Waals surface area contributed by atoms with Crippen LogP contribution in [0.2, 0.25) is 0 Å². The molecule has 0 aliphatic carbocycles. The highest BCUT2D eigenvalue weighted by atomic mass is 15.3. The van der Waals surface area contributed by atoms with Gasteiger partial charge in [0, 0.05) is 12.7 Å². The minimum atomic E-state index is -0.279. The average Bonchev–Trinajstić information content (AvgIpc) is 2.77. The first-order valence-electron chi connectivity index (χ1n) is 6.29. The van der Waals surface area contributed by atoms with Gasteiger partial charge in [0.05, 0.1) is 17.3 Å². The summed E-state index contributed by atoms with van der Waals surface area (Å²) in [5.74, 6) is 2.72. The molecule has 0 spiro atoms. The number of hydrogen-bond donors (Lipinski definition) is 1. The van der Waals surface area contributed by atoms with Crippen LogP contribution in [0.1, 0.15) is 52.3 Å². The molecule has 0 fully saturated rings. The second-order valence-corrected chi connectivity index (χ2v) is 4.88. The molecule has 1 heterocycles. The van der Waals surface area contributed by atoms with E-state index in [1.807, 2.05) is 13.8 Å². The van der Waals surface area contributed by atoms with Crippen molar-refractivity contribution in [2.75, 3.05) is 0 Å². The van der Waals surface area contributed by atoms with Crippen molar-refractivity contribution in [3.63, 3.8) is 0 Å². The van der Waals surface area contributed by atoms with Crippen molar-refractivity contribution >= 4 is 0 Å². The Kier molecular flexibility index (Phi) is 4.77. The van der Waals surface area contributed by atoms with Gasteiger partial charge in [0.15, 0.2) is 0 Å². The van der Waals surface area contributed by atoms with Gasteiger partial charge in [-0.15, -0.1) is 6.42 Å². The van der Waals surface area contributed by atoms with Gasteiger partial charge in [0.2, 0.25) is 0 Å². The molecule has 94 valence electrons. The third kappa shape index (κ3) is 3.90. The molecule has 3 heteroatoms. The van der Waals surface area contributed by atoms with Gasteiger partial charge in [-0.2, -0.15) is 5.10 Å². The van der Waals surface area contributed by atoms with E-state index >= 15 is 0 Å². The van der Waals surface area contributed by atoms with Crippen molar-refractivity contribution in [1.29, 1.82) is 0 Å². The first kappa shape index (κ1) is 13.8. The SMILES string of the molecule is C#CC(C)(C)NCc1ccn(C(CC)CC)n1. The number of hydrogen-bond acceptors (Lipinski definition) is 2. The summed E-state index contributed by atoms with van der Waals surface area (Å²) in [4.78, 5) is 0. The fraction of sp³-hybridized carbons (Fsp3) is 0.643. The monoisotopic (exact) mass is 233 g/mol. The van der Waals surface area contributed by atoms with E-state index in [1.165, 1.54) is 0 Å². The Morgan fingerprint density at radius 3 is 2.65 bits per heavy atom. The lowest BCUT2D eigenvalue weighted by Gasteiger charge is -2.18. The quantitative estimate of drug-likeness (QED) is 0.766. The molecule has 1 aromatic rings. The van der Waals surface area contributed by atoms with E-state index in [1.54, 1.807) is 0 Å². The Morgan fingerprint density at radius 1 is 1.47 bits per heavy atom. The lowest BCUT2D eigenvalue weighted by atomic mass is 10.1. The van der Waals surface area contributed by atoms with Gasteiger partial charge < -0.3 is 0 Å². The zero-order valence-electron chi connectivity index (χ0n) is 11.3. The van der Waals surface area contributed by atoms with E-state index in [2.05, 4.69) is 47.1 Å². The van der Waals surface area contributed by atoms with Crippen molar-refractivity contribution < 1.29 is 0 Å². The molecule has 1 rings (SSSR count). The summed E-state index contributed by atoms with van der Waals surface area (Å²) >= 11 is 0. The van der Waals surface area contributed by atoms with Crippen LogP contribution < -0.4 is 5.32 Å². The van der Waals surface area contributed by atoms with Crippen LogP contribution in [0.15, 0.2) is 12.3 Å². The Hall–Kier alpha value is -1.27. The second-order valence-electron chi connectivity index (χ2n) is 4.88. The molecule has 1 aromatic heterocycles. The van der Waals surface area contributed by atoms with Gasteiger partial charge in [0.25, 0.3) is 0 Å². The molecule has 17 heavy (non-hydrogen) atoms. The van der Waals surface area contributed by atoms with Gasteiger partial charge in [-0.1, -0.05) is 19.8 Å². The number of nitrogens with one attached hydrogen (secondary N) is 1. The zero-order chi connectivity index (χ0) is 12.9. The van der Waals surface area contributed by atoms with Crippen molar-refractivity contribution in [3.05, 3.63) is 18.0 Å². The van der Waals surface area contributed by atoms with Crippen molar-refractivity contribution in [2.24, 2.45) is 0 Å². The van der Waals surface area contributed by atoms with Crippen LogP contribution in [0.3, 0.4) is 0 Å². The van der Waals surface area contributed by atoms with E-state index < -0.39 is 0 Å². The van der Waals surface area contributed by atoms with E-state index in [-0.39, 0.29) is 5.54 Å². The van der Waals surface area contributed by atoms with Crippen molar-refractivity contribution in [3.8, 4) is 12.3 Å². The molecule has 0 aliphatic rings. The number of aromatic nitrogens is 2. The summed E-state index contributed by atoms with van der Waals surface area (Å²) in [7, 11) is 0. The highest BCUT2D eigenvalue weighted by molar-refractivity contribution is 5.09. The van der Waals surface area contributed by atoms with Crippen LogP contribution >= 0.6 is 0 Å². The lowest BCUT2D eigenvalue weighted by Crippen LogP contribution is -2.37. The topological polar surface area (TPSA) is 29.9 Å². The Labute approximate surface area is 105 Å². The Bertz CT molecular complexity index is 380. The van der Waals surface area contributed by atoms with Crippen LogP contribution in [0.5, 0.6) is 0 Å². The van der Waals surface area contributed by atoms with Crippen molar-refractivity contribution in [1.82, 2.24) is 15.1 Å². The molecular weight excluding hydrogens is 210 g/mol. The highest BCUT2D eigenvalue weighted by Gasteiger charge is 2.13. The van der Waals surface area contributed by atoms with Crippen LogP contribution in [-0.2, 0) is 6.54 Å². The molecule has 0 aliphatic heterocycles. The normalized spacial score (nSPS) is 11.8. The molecule has 1 N–H and O–H groups in total. The van der Waals surface area contributed by atoms with Gasteiger partial charge in [-0.3, -0.25) is 10.00 Å². The number of nitrogens with zero attached hydrogens (tertiary/aromatic N) is 2. The maximum absolute atomic E-state index is 5.43. The predicted octanol–water partition coefficient (Wildman–Crippen LogP) is 2.75. The predicted molar refractivity (Wildman–Crippen MR) is 71.6 cm³/mol. The van der Waals surface area contributed by atoms with E-state index in [0.717, 1.165) is 18.5 Å². The van der Waals surface area contributed by atoms with Gasteiger partial charge in [0.1, 0.15) is 0 Å². The fourth-order valence-corrected chi connectivity index (χ4v) is 1.70. The minimum absolute atomic E-state index is 0.279. The molecule has 0 atom stereocenters. The Balaban J connectivity index is 2.61. The van der Waals surface area contributed by atoms with Gasteiger partial charge in [-0.05, 0) is 32.8 Å². The summed E-state index contributed by atoms with van der Waals surface area (Å²) in [6, 6.07) is 2.56. The molecule has 0 bridgehead atoms. The maximum atomic E-state index is 5.43. The summed E-state index contributed by atoms with van der Waals surface area (Å²) in [5, 5.41) is 7.88. The molecule has 0 saturated heterocycles. The standard InChI is InChI=1S/C14H23N3/c1-6-13(7-2)17-10-9-12(16-17)11-15-14(4,5)8-3/h3,9-10,13,15H,6-7,11H2,1-2,4-5H3. The minimum Gasteiger partial charge on any atom is -0.296 e. The third-order valence-corrected chi connectivity index (χ3v) is 3.05. The van der Waals surface area contributed by atoms with Gasteiger partial charge >= 0.3 is 0 Å². The summed E-state index contributed by atoms with van der Waals surface area (Å²) in [6.07, 6.45) is 9.71. The largest absolute Gasteiger partial charge is 0.296 e. The smallest absolute Gasteiger partial charge is 0.0763 e. The van der Waals surface area contributed by atoms with E-state index in [0.29, 0.717) is 12.6 Å². The number of rotatable bonds is 6. The Morgan fingerprint density at radius 2 is 2.12 bits per heavy atom. The summed E-state index contributed by atoms with van der Waals surface area (Å²) in [5.41, 5.74) is 0.763. The second kappa shape index (κ2) is 5.88. The molecule has 0 amide bonds. The summed E-state index contributed by atoms with van der Waals surface area (Å²) < 4.78 is 2.06. The van der Waals surface area contributed by atoms with Crippen LogP contribution in [0, 0.1) is 12.3 Å². The average molecular weight is 233 g/mol. The summed E-state index contributed by atoms with van der Waals surface area (Å²) in [6.45, 7) is 9.07. The number of terminal acetylenes is 1. The fourth-order valence-electron chi connectivity index (χ4n) is 1.70. The van der Waals surface area contributed by atoms with Gasteiger partial charge in [-0.25, -0.2) is 0 Å². The molecule has 0 radical (unpaired) electrons. The van der Waals surface area contributed by atoms with Crippen LogP contribution in [-0.4, -0.2) is 15.3 Å². The van der Waals surface area contributed by atoms with Crippen LogP contribution in [0.25, 0.3) is 0 Å². The molecule has 0 saturated carbocycles. The first-order valence-corrected chi connectivity index (χ1v) is 6.29. The molecule has 0 unspecified atom stereocenters. The van der Waals surface area contributed by atoms with Crippen LogP contribution in [0.4, 0.5) is 0 Å². The van der Waals surface area contributed by atoms with Crippen molar-refractivity contribution in [2.45, 2.75) is 58.7 Å². The zero-order valence-corrected chi connectivity index (χ0v) is 11.3.